The van der Waals surface area contributed by atoms with Crippen molar-refractivity contribution in [3.05, 3.63) is 24.0 Å². The Morgan fingerprint density at radius 1 is 1.38 bits per heavy atom. The third kappa shape index (κ3) is 3.86. The highest BCUT2D eigenvalue weighted by molar-refractivity contribution is 5.69. The van der Waals surface area contributed by atoms with Gasteiger partial charge in [0.25, 0.3) is 0 Å². The minimum Gasteiger partial charge on any atom is -0.444 e. The summed E-state index contributed by atoms with van der Waals surface area (Å²) in [4.78, 5) is 18.5. The number of piperidine rings is 1. The maximum absolute atomic E-state index is 12.5. The summed E-state index contributed by atoms with van der Waals surface area (Å²) in [5.41, 5.74) is 6.93. The highest BCUT2D eigenvalue weighted by atomic mass is 16.6. The Hall–Kier alpha value is -1.78. The molecule has 1 aliphatic heterocycles. The molecule has 2 N–H and O–H groups in total. The molecule has 5 heteroatoms. The molecule has 0 spiro atoms. The van der Waals surface area contributed by atoms with Gasteiger partial charge < -0.3 is 10.5 Å². The lowest BCUT2D eigenvalue weighted by Crippen LogP contribution is -2.46. The molecule has 0 aromatic carbocycles. The number of hydrogen-bond acceptors (Lipinski definition) is 4. The highest BCUT2D eigenvalue weighted by Crippen LogP contribution is 2.35. The van der Waals surface area contributed by atoms with E-state index >= 15 is 0 Å². The Morgan fingerprint density at radius 3 is 2.71 bits per heavy atom. The molecule has 2 atom stereocenters. The van der Waals surface area contributed by atoms with Crippen LogP contribution in [0.4, 0.5) is 10.5 Å². The second-order valence-electron chi connectivity index (χ2n) is 6.73. The molecule has 21 heavy (non-hydrogen) atoms. The van der Waals surface area contributed by atoms with E-state index < -0.39 is 5.60 Å². The summed E-state index contributed by atoms with van der Waals surface area (Å²) < 4.78 is 5.56. The van der Waals surface area contributed by atoms with Crippen LogP contribution in [0, 0.1) is 0 Å². The molecule has 2 heterocycles. The Bertz CT molecular complexity index is 510. The number of carbonyl (C=O) groups excluding carboxylic acids is 1. The monoisotopic (exact) mass is 291 g/mol. The Morgan fingerprint density at radius 2 is 2.10 bits per heavy atom. The molecule has 5 nitrogen and oxygen atoms in total. The number of likely N-dealkylation sites (tertiary alicyclic amines) is 1. The first-order valence-electron chi connectivity index (χ1n) is 7.49. The summed E-state index contributed by atoms with van der Waals surface area (Å²) in [7, 11) is 0. The van der Waals surface area contributed by atoms with Gasteiger partial charge in [0.2, 0.25) is 0 Å². The van der Waals surface area contributed by atoms with Crippen molar-refractivity contribution >= 4 is 11.8 Å². The van der Waals surface area contributed by atoms with Gasteiger partial charge in [-0.15, -0.1) is 0 Å². The summed E-state index contributed by atoms with van der Waals surface area (Å²) in [5.74, 6) is 0. The fourth-order valence-electron chi connectivity index (χ4n) is 2.80. The zero-order chi connectivity index (χ0) is 15.6. The molecule has 0 bridgehead atoms. The van der Waals surface area contributed by atoms with Crippen LogP contribution in [0.25, 0.3) is 0 Å². The number of nitrogen functional groups attached to an aromatic ring is 1. The van der Waals surface area contributed by atoms with Gasteiger partial charge in [0, 0.05) is 18.4 Å². The number of anilines is 1. The van der Waals surface area contributed by atoms with E-state index in [0.717, 1.165) is 24.8 Å². The molecule has 1 aromatic rings. The zero-order valence-corrected chi connectivity index (χ0v) is 13.3. The summed E-state index contributed by atoms with van der Waals surface area (Å²) >= 11 is 0. The van der Waals surface area contributed by atoms with Crippen molar-refractivity contribution in [2.75, 3.05) is 5.73 Å². The topological polar surface area (TPSA) is 68.5 Å². The third-order valence-electron chi connectivity index (χ3n) is 3.68. The molecule has 1 saturated heterocycles. The van der Waals surface area contributed by atoms with Gasteiger partial charge in [0.15, 0.2) is 0 Å². The van der Waals surface area contributed by atoms with Crippen LogP contribution >= 0.6 is 0 Å². The van der Waals surface area contributed by atoms with Gasteiger partial charge in [0.1, 0.15) is 5.60 Å². The lowest BCUT2D eigenvalue weighted by atomic mass is 9.92. The van der Waals surface area contributed by atoms with Gasteiger partial charge in [-0.25, -0.2) is 4.79 Å². The molecule has 116 valence electrons. The average molecular weight is 291 g/mol. The lowest BCUT2D eigenvalue weighted by molar-refractivity contribution is -0.00328. The zero-order valence-electron chi connectivity index (χ0n) is 13.3. The minimum absolute atomic E-state index is 0.0143. The van der Waals surface area contributed by atoms with E-state index in [-0.39, 0.29) is 18.2 Å². The molecule has 0 saturated carbocycles. The van der Waals surface area contributed by atoms with Crippen molar-refractivity contribution in [3.8, 4) is 0 Å². The quantitative estimate of drug-likeness (QED) is 0.859. The Labute approximate surface area is 126 Å². The second kappa shape index (κ2) is 5.92. The number of ether oxygens (including phenoxy) is 1. The normalized spacial score (nSPS) is 23.0. The fourth-order valence-corrected chi connectivity index (χ4v) is 2.80. The predicted octanol–water partition coefficient (Wildman–Crippen LogP) is 3.51. The minimum atomic E-state index is -0.493. The Balaban J connectivity index is 2.27. The molecule has 0 unspecified atom stereocenters. The van der Waals surface area contributed by atoms with Crippen LogP contribution < -0.4 is 5.73 Å². The van der Waals surface area contributed by atoms with Crippen LogP contribution in [0.2, 0.25) is 0 Å². The third-order valence-corrected chi connectivity index (χ3v) is 3.68. The van der Waals surface area contributed by atoms with Crippen LogP contribution in [0.15, 0.2) is 18.5 Å². The van der Waals surface area contributed by atoms with Crippen molar-refractivity contribution in [2.24, 2.45) is 0 Å². The van der Waals surface area contributed by atoms with Crippen molar-refractivity contribution in [1.82, 2.24) is 9.88 Å². The van der Waals surface area contributed by atoms with Crippen LogP contribution in [0.3, 0.4) is 0 Å². The number of rotatable bonds is 1. The van der Waals surface area contributed by atoms with Gasteiger partial charge in [0.05, 0.1) is 11.7 Å². The summed E-state index contributed by atoms with van der Waals surface area (Å²) in [6, 6.07) is 2.03. The van der Waals surface area contributed by atoms with E-state index in [4.69, 9.17) is 10.5 Å². The second-order valence-corrected chi connectivity index (χ2v) is 6.73. The van der Waals surface area contributed by atoms with E-state index in [1.807, 2.05) is 31.7 Å². The number of hydrogen-bond donors (Lipinski definition) is 1. The van der Waals surface area contributed by atoms with Crippen LogP contribution in [-0.2, 0) is 4.74 Å². The van der Waals surface area contributed by atoms with Gasteiger partial charge >= 0.3 is 6.09 Å². The highest BCUT2D eigenvalue weighted by Gasteiger charge is 2.35. The summed E-state index contributed by atoms with van der Waals surface area (Å²) in [6.45, 7) is 7.72. The molecule has 1 aromatic heterocycles. The number of carbonyl (C=O) groups is 1. The number of aromatic nitrogens is 1. The van der Waals surface area contributed by atoms with E-state index in [1.54, 1.807) is 12.4 Å². The number of nitrogens with two attached hydrogens (primary N) is 1. The van der Waals surface area contributed by atoms with Crippen LogP contribution in [-0.4, -0.2) is 27.6 Å². The summed E-state index contributed by atoms with van der Waals surface area (Å²) in [6.07, 6.45) is 6.13. The average Bonchev–Trinajstić information content (AvgIpc) is 2.36. The summed E-state index contributed by atoms with van der Waals surface area (Å²) in [5, 5.41) is 0. The largest absolute Gasteiger partial charge is 0.444 e. The number of nitrogens with zero attached hydrogens (tertiary/aromatic N) is 2. The fraction of sp³-hybridized carbons (Fsp3) is 0.625. The van der Waals surface area contributed by atoms with Crippen molar-refractivity contribution in [1.29, 1.82) is 0 Å². The van der Waals surface area contributed by atoms with Crippen molar-refractivity contribution in [2.45, 2.75) is 64.6 Å². The number of pyridine rings is 1. The maximum atomic E-state index is 12.5. The maximum Gasteiger partial charge on any atom is 0.411 e. The molecular weight excluding hydrogens is 266 g/mol. The predicted molar refractivity (Wildman–Crippen MR) is 82.8 cm³/mol. The van der Waals surface area contributed by atoms with Gasteiger partial charge in [-0.1, -0.05) is 0 Å². The van der Waals surface area contributed by atoms with Gasteiger partial charge in [-0.05, 0) is 58.6 Å². The molecule has 2 rings (SSSR count). The van der Waals surface area contributed by atoms with Gasteiger partial charge in [-0.2, -0.15) is 0 Å². The van der Waals surface area contributed by atoms with Crippen LogP contribution in [0.5, 0.6) is 0 Å². The van der Waals surface area contributed by atoms with E-state index in [0.29, 0.717) is 5.69 Å². The van der Waals surface area contributed by atoms with E-state index in [1.165, 1.54) is 0 Å². The van der Waals surface area contributed by atoms with E-state index in [9.17, 15) is 4.79 Å². The van der Waals surface area contributed by atoms with Gasteiger partial charge in [-0.3, -0.25) is 9.88 Å². The first-order valence-corrected chi connectivity index (χ1v) is 7.49. The van der Waals surface area contributed by atoms with Crippen molar-refractivity contribution in [3.63, 3.8) is 0 Å². The van der Waals surface area contributed by atoms with E-state index in [2.05, 4.69) is 11.9 Å². The molecule has 1 aliphatic rings. The first-order chi connectivity index (χ1) is 9.78. The molecule has 0 aliphatic carbocycles. The smallest absolute Gasteiger partial charge is 0.411 e. The lowest BCUT2D eigenvalue weighted by Gasteiger charge is -2.41. The van der Waals surface area contributed by atoms with Crippen molar-refractivity contribution < 1.29 is 9.53 Å². The molecule has 0 radical (unpaired) electrons. The standard InChI is InChI=1S/C16H25N3O2/c1-11-6-5-7-14(12-8-13(17)10-18-9-12)19(11)15(20)21-16(2,3)4/h8-11,14H,5-7,17H2,1-4H3/t11-,14-/m0/s1. The molecule has 1 amide bonds. The van der Waals surface area contributed by atoms with Crippen LogP contribution in [0.1, 0.15) is 58.6 Å². The molecular formula is C16H25N3O2. The Kier molecular flexibility index (Phi) is 4.40. The SMILES string of the molecule is C[C@H]1CCC[C@@H](c2cncc(N)c2)N1C(=O)OC(C)(C)C. The first kappa shape index (κ1) is 15.6. The molecule has 1 fully saturated rings. The number of amides is 1.